The van der Waals surface area contributed by atoms with Crippen molar-refractivity contribution in [1.82, 2.24) is 5.32 Å². The molecule has 0 aromatic heterocycles. The van der Waals surface area contributed by atoms with Crippen LogP contribution in [0.15, 0.2) is 4.99 Å². The van der Waals surface area contributed by atoms with Crippen LogP contribution in [0.4, 0.5) is 0 Å². The Balaban J connectivity index is 0.00000225. The molecule has 16 heavy (non-hydrogen) atoms. The van der Waals surface area contributed by atoms with Gasteiger partial charge in [0.1, 0.15) is 0 Å². The summed E-state index contributed by atoms with van der Waals surface area (Å²) in [5.41, 5.74) is 6.26. The highest BCUT2D eigenvalue weighted by atomic mass is 127. The van der Waals surface area contributed by atoms with Gasteiger partial charge in [-0.15, -0.1) is 24.0 Å². The molecular formula is C12H26IN3. The van der Waals surface area contributed by atoms with Crippen molar-refractivity contribution in [2.75, 3.05) is 13.1 Å². The van der Waals surface area contributed by atoms with Gasteiger partial charge in [-0.3, -0.25) is 4.99 Å². The zero-order valence-electron chi connectivity index (χ0n) is 10.8. The van der Waals surface area contributed by atoms with E-state index in [-0.39, 0.29) is 24.0 Å². The van der Waals surface area contributed by atoms with Crippen molar-refractivity contribution in [2.24, 2.45) is 22.1 Å². The summed E-state index contributed by atoms with van der Waals surface area (Å²) in [4.78, 5) is 4.43. The first-order chi connectivity index (χ1) is 7.08. The first-order valence-corrected chi connectivity index (χ1v) is 6.12. The summed E-state index contributed by atoms with van der Waals surface area (Å²) in [7, 11) is 0. The number of rotatable bonds is 6. The predicted octanol–water partition coefficient (Wildman–Crippen LogP) is 2.75. The summed E-state index contributed by atoms with van der Waals surface area (Å²) >= 11 is 0. The standard InChI is InChI=1S/C12H25N3.HI/c1-4-7-14-11(13)15-9-12(5-6-12)8-10(2)3;/h10H,4-9H2,1-3H3,(H3,13,14,15);1H. The van der Waals surface area contributed by atoms with Gasteiger partial charge in [-0.25, -0.2) is 0 Å². The number of halogens is 1. The molecule has 0 amide bonds. The number of aliphatic imine (C=N–C) groups is 1. The number of guanidine groups is 1. The van der Waals surface area contributed by atoms with E-state index in [2.05, 4.69) is 31.1 Å². The largest absolute Gasteiger partial charge is 0.370 e. The Hall–Kier alpha value is 0. The van der Waals surface area contributed by atoms with Crippen LogP contribution in [-0.4, -0.2) is 19.0 Å². The van der Waals surface area contributed by atoms with Crippen molar-refractivity contribution in [2.45, 2.75) is 46.5 Å². The molecule has 0 unspecified atom stereocenters. The van der Waals surface area contributed by atoms with E-state index in [1.807, 2.05) is 0 Å². The predicted molar refractivity (Wildman–Crippen MR) is 81.3 cm³/mol. The van der Waals surface area contributed by atoms with Crippen LogP contribution in [0.3, 0.4) is 0 Å². The van der Waals surface area contributed by atoms with E-state index in [4.69, 9.17) is 5.73 Å². The Bertz CT molecular complexity index is 222. The molecule has 0 spiro atoms. The van der Waals surface area contributed by atoms with Gasteiger partial charge in [0.25, 0.3) is 0 Å². The summed E-state index contributed by atoms with van der Waals surface area (Å²) in [6.45, 7) is 8.52. The maximum atomic E-state index is 5.76. The van der Waals surface area contributed by atoms with E-state index in [0.717, 1.165) is 25.4 Å². The van der Waals surface area contributed by atoms with Crippen molar-refractivity contribution in [3.8, 4) is 0 Å². The molecule has 1 aliphatic carbocycles. The van der Waals surface area contributed by atoms with Gasteiger partial charge in [-0.05, 0) is 37.0 Å². The maximum absolute atomic E-state index is 5.76. The van der Waals surface area contributed by atoms with Crippen LogP contribution in [0.2, 0.25) is 0 Å². The average molecular weight is 339 g/mol. The van der Waals surface area contributed by atoms with Crippen LogP contribution in [0.25, 0.3) is 0 Å². The van der Waals surface area contributed by atoms with Gasteiger partial charge in [-0.2, -0.15) is 0 Å². The molecule has 3 nitrogen and oxygen atoms in total. The van der Waals surface area contributed by atoms with Gasteiger partial charge >= 0.3 is 0 Å². The lowest BCUT2D eigenvalue weighted by Gasteiger charge is -2.15. The number of nitrogens with two attached hydrogens (primary N) is 1. The molecular weight excluding hydrogens is 313 g/mol. The Labute approximate surface area is 117 Å². The van der Waals surface area contributed by atoms with E-state index in [1.165, 1.54) is 19.3 Å². The van der Waals surface area contributed by atoms with E-state index in [1.54, 1.807) is 0 Å². The lowest BCUT2D eigenvalue weighted by Crippen LogP contribution is -2.33. The second kappa shape index (κ2) is 7.35. The fourth-order valence-electron chi connectivity index (χ4n) is 2.03. The molecule has 4 heteroatoms. The van der Waals surface area contributed by atoms with Crippen molar-refractivity contribution in [1.29, 1.82) is 0 Å². The van der Waals surface area contributed by atoms with Crippen LogP contribution < -0.4 is 11.1 Å². The monoisotopic (exact) mass is 339 g/mol. The molecule has 0 aliphatic heterocycles. The lowest BCUT2D eigenvalue weighted by atomic mass is 9.94. The third kappa shape index (κ3) is 5.92. The Morgan fingerprint density at radius 1 is 1.44 bits per heavy atom. The Kier molecular flexibility index (Phi) is 7.35. The van der Waals surface area contributed by atoms with Crippen LogP contribution in [0, 0.1) is 11.3 Å². The molecule has 0 atom stereocenters. The zero-order chi connectivity index (χ0) is 11.3. The molecule has 96 valence electrons. The molecule has 0 saturated heterocycles. The van der Waals surface area contributed by atoms with E-state index < -0.39 is 0 Å². The van der Waals surface area contributed by atoms with E-state index in [9.17, 15) is 0 Å². The van der Waals surface area contributed by atoms with E-state index in [0.29, 0.717) is 11.4 Å². The van der Waals surface area contributed by atoms with Crippen molar-refractivity contribution < 1.29 is 0 Å². The number of nitrogens with one attached hydrogen (secondary N) is 1. The third-order valence-electron chi connectivity index (χ3n) is 2.94. The third-order valence-corrected chi connectivity index (χ3v) is 2.94. The van der Waals surface area contributed by atoms with Gasteiger partial charge in [0.15, 0.2) is 5.96 Å². The molecule has 1 saturated carbocycles. The second-order valence-corrected chi connectivity index (χ2v) is 5.23. The average Bonchev–Trinajstić information content (AvgIpc) is 2.91. The first kappa shape index (κ1) is 16.0. The van der Waals surface area contributed by atoms with Gasteiger partial charge in [0.05, 0.1) is 0 Å². The van der Waals surface area contributed by atoms with Crippen molar-refractivity contribution in [3.63, 3.8) is 0 Å². The molecule has 1 fully saturated rings. The Morgan fingerprint density at radius 2 is 2.06 bits per heavy atom. The van der Waals surface area contributed by atoms with Crippen LogP contribution in [0.1, 0.15) is 46.5 Å². The van der Waals surface area contributed by atoms with Gasteiger partial charge in [0, 0.05) is 13.1 Å². The van der Waals surface area contributed by atoms with E-state index >= 15 is 0 Å². The summed E-state index contributed by atoms with van der Waals surface area (Å²) < 4.78 is 0. The zero-order valence-corrected chi connectivity index (χ0v) is 13.1. The first-order valence-electron chi connectivity index (χ1n) is 6.12. The van der Waals surface area contributed by atoms with Gasteiger partial charge < -0.3 is 11.1 Å². The number of nitrogens with zero attached hydrogens (tertiary/aromatic N) is 1. The quantitative estimate of drug-likeness (QED) is 0.444. The normalized spacial score (nSPS) is 18.1. The van der Waals surface area contributed by atoms with Crippen molar-refractivity contribution in [3.05, 3.63) is 0 Å². The van der Waals surface area contributed by atoms with Crippen molar-refractivity contribution >= 4 is 29.9 Å². The summed E-state index contributed by atoms with van der Waals surface area (Å²) in [5, 5.41) is 3.11. The highest BCUT2D eigenvalue weighted by Crippen LogP contribution is 2.50. The number of hydrogen-bond acceptors (Lipinski definition) is 1. The van der Waals surface area contributed by atoms with Gasteiger partial charge in [0.2, 0.25) is 0 Å². The summed E-state index contributed by atoms with van der Waals surface area (Å²) in [6.07, 6.45) is 5.04. The van der Waals surface area contributed by atoms with Crippen LogP contribution in [-0.2, 0) is 0 Å². The minimum atomic E-state index is 0. The fourth-order valence-corrected chi connectivity index (χ4v) is 2.03. The molecule has 0 aromatic carbocycles. The topological polar surface area (TPSA) is 50.4 Å². The molecule has 0 aromatic rings. The van der Waals surface area contributed by atoms with Crippen LogP contribution >= 0.6 is 24.0 Å². The molecule has 3 N–H and O–H groups in total. The smallest absolute Gasteiger partial charge is 0.188 e. The SMILES string of the molecule is CCCNC(N)=NCC1(CC(C)C)CC1.I. The number of hydrogen-bond donors (Lipinski definition) is 2. The molecule has 1 aliphatic rings. The summed E-state index contributed by atoms with van der Waals surface area (Å²) in [5.74, 6) is 1.39. The minimum Gasteiger partial charge on any atom is -0.370 e. The van der Waals surface area contributed by atoms with Crippen LogP contribution in [0.5, 0.6) is 0 Å². The molecule has 1 rings (SSSR count). The summed E-state index contributed by atoms with van der Waals surface area (Å²) in [6, 6.07) is 0. The highest BCUT2D eigenvalue weighted by molar-refractivity contribution is 14.0. The molecule has 0 heterocycles. The van der Waals surface area contributed by atoms with Gasteiger partial charge in [-0.1, -0.05) is 20.8 Å². The second-order valence-electron chi connectivity index (χ2n) is 5.23. The minimum absolute atomic E-state index is 0. The maximum Gasteiger partial charge on any atom is 0.188 e. The molecule has 0 radical (unpaired) electrons. The fraction of sp³-hybridized carbons (Fsp3) is 0.917. The Morgan fingerprint density at radius 3 is 2.50 bits per heavy atom. The molecule has 0 bridgehead atoms. The lowest BCUT2D eigenvalue weighted by molar-refractivity contribution is 0.398. The highest BCUT2D eigenvalue weighted by Gasteiger charge is 2.42.